The average Bonchev–Trinajstić information content (AvgIpc) is 3.67. The Morgan fingerprint density at radius 2 is 1.74 bits per heavy atom. The summed E-state index contributed by atoms with van der Waals surface area (Å²) < 4.78 is 5.38. The van der Waals surface area contributed by atoms with Gasteiger partial charge in [-0.1, -0.05) is 6.07 Å². The molecule has 0 radical (unpaired) electrons. The predicted octanol–water partition coefficient (Wildman–Crippen LogP) is 2.72. The lowest BCUT2D eigenvalue weighted by Gasteiger charge is -2.34. The van der Waals surface area contributed by atoms with Crippen LogP contribution in [0.2, 0.25) is 0 Å². The number of nitrogens with one attached hydrogen (secondary N) is 2. The van der Waals surface area contributed by atoms with Crippen LogP contribution in [0.1, 0.15) is 21.0 Å². The lowest BCUT2D eigenvalue weighted by Crippen LogP contribution is -2.50. The number of H-pyrrole nitrogens is 2. The van der Waals surface area contributed by atoms with E-state index < -0.39 is 0 Å². The molecule has 0 spiro atoms. The zero-order valence-electron chi connectivity index (χ0n) is 21.0. The number of amides is 2. The van der Waals surface area contributed by atoms with Gasteiger partial charge in [0.15, 0.2) is 0 Å². The summed E-state index contributed by atoms with van der Waals surface area (Å²) in [5.41, 5.74) is 3.94. The molecule has 0 unspecified atom stereocenters. The highest BCUT2D eigenvalue weighted by molar-refractivity contribution is 5.98. The van der Waals surface area contributed by atoms with Crippen LogP contribution < -0.4 is 4.74 Å². The van der Waals surface area contributed by atoms with E-state index in [2.05, 4.69) is 30.1 Å². The van der Waals surface area contributed by atoms with E-state index in [0.717, 1.165) is 11.1 Å². The van der Waals surface area contributed by atoms with Crippen molar-refractivity contribution in [2.75, 3.05) is 33.3 Å². The monoisotopic (exact) mass is 524 g/mol. The molecule has 3 N–H and O–H groups in total. The lowest BCUT2D eigenvalue weighted by molar-refractivity contribution is 0.0529. The van der Waals surface area contributed by atoms with Crippen LogP contribution in [-0.2, 0) is 0 Å². The summed E-state index contributed by atoms with van der Waals surface area (Å²) in [6.45, 7) is 1.62. The molecule has 12 heteroatoms. The van der Waals surface area contributed by atoms with E-state index in [-0.39, 0.29) is 23.4 Å². The molecule has 196 valence electrons. The van der Waals surface area contributed by atoms with Crippen molar-refractivity contribution in [2.45, 2.75) is 0 Å². The number of phenolic OH excluding ortho intramolecular Hbond substituents is 1. The zero-order chi connectivity index (χ0) is 26.9. The molecule has 6 rings (SSSR count). The van der Waals surface area contributed by atoms with Gasteiger partial charge in [0.05, 0.1) is 23.7 Å². The van der Waals surface area contributed by atoms with Crippen molar-refractivity contribution in [2.24, 2.45) is 0 Å². The first-order chi connectivity index (χ1) is 19.0. The van der Waals surface area contributed by atoms with Crippen LogP contribution in [0.4, 0.5) is 0 Å². The molecule has 4 heterocycles. The third-order valence-electron chi connectivity index (χ3n) is 6.73. The number of benzene rings is 2. The van der Waals surface area contributed by atoms with Crippen LogP contribution in [0, 0.1) is 0 Å². The van der Waals surface area contributed by atoms with Gasteiger partial charge in [-0.25, -0.2) is 15.0 Å². The first-order valence-electron chi connectivity index (χ1n) is 12.3. The van der Waals surface area contributed by atoms with Gasteiger partial charge >= 0.3 is 0 Å². The highest BCUT2D eigenvalue weighted by Crippen LogP contribution is 2.35. The molecule has 3 aromatic heterocycles. The van der Waals surface area contributed by atoms with Gasteiger partial charge in [0, 0.05) is 43.5 Å². The third-order valence-corrected chi connectivity index (χ3v) is 6.73. The van der Waals surface area contributed by atoms with Crippen LogP contribution in [0.25, 0.3) is 33.5 Å². The highest BCUT2D eigenvalue weighted by atomic mass is 16.5. The molecule has 0 aliphatic carbocycles. The summed E-state index contributed by atoms with van der Waals surface area (Å²) in [6.07, 6.45) is 2.94. The van der Waals surface area contributed by atoms with Gasteiger partial charge in [-0.05, 0) is 48.0 Å². The van der Waals surface area contributed by atoms with Crippen molar-refractivity contribution >= 4 is 22.8 Å². The molecule has 5 aromatic rings. The number of ether oxygens (including phenoxy) is 1. The second kappa shape index (κ2) is 9.89. The van der Waals surface area contributed by atoms with E-state index in [0.29, 0.717) is 60.0 Å². The van der Waals surface area contributed by atoms with Crippen molar-refractivity contribution in [3.8, 4) is 34.1 Å². The van der Waals surface area contributed by atoms with Crippen LogP contribution in [0.3, 0.4) is 0 Å². The van der Waals surface area contributed by atoms with Crippen LogP contribution >= 0.6 is 0 Å². The molecule has 0 atom stereocenters. The van der Waals surface area contributed by atoms with Crippen LogP contribution in [-0.4, -0.2) is 90.1 Å². The predicted molar refractivity (Wildman–Crippen MR) is 141 cm³/mol. The van der Waals surface area contributed by atoms with Crippen molar-refractivity contribution in [3.05, 3.63) is 72.4 Å². The summed E-state index contributed by atoms with van der Waals surface area (Å²) in [7, 11) is 1.56. The van der Waals surface area contributed by atoms with E-state index in [1.54, 1.807) is 53.4 Å². The summed E-state index contributed by atoms with van der Waals surface area (Å²) in [6, 6.07) is 14.2. The van der Waals surface area contributed by atoms with Crippen LogP contribution in [0.5, 0.6) is 11.6 Å². The van der Waals surface area contributed by atoms with E-state index >= 15 is 0 Å². The number of fused-ring (bicyclic) bond motifs is 1. The number of imidazole rings is 1. The Labute approximate surface area is 222 Å². The van der Waals surface area contributed by atoms with Crippen molar-refractivity contribution in [1.29, 1.82) is 0 Å². The summed E-state index contributed by atoms with van der Waals surface area (Å²) in [4.78, 5) is 45.1. The molecule has 2 amide bonds. The normalized spacial score (nSPS) is 13.6. The summed E-state index contributed by atoms with van der Waals surface area (Å²) in [5, 5.41) is 16.9. The third kappa shape index (κ3) is 4.52. The summed E-state index contributed by atoms with van der Waals surface area (Å²) in [5.74, 6) is 0.830. The zero-order valence-corrected chi connectivity index (χ0v) is 21.0. The minimum atomic E-state index is -0.236. The Morgan fingerprint density at radius 1 is 0.949 bits per heavy atom. The van der Waals surface area contributed by atoms with Crippen molar-refractivity contribution in [3.63, 3.8) is 0 Å². The Morgan fingerprint density at radius 3 is 2.49 bits per heavy atom. The number of piperazine rings is 1. The number of pyridine rings is 1. The number of carbonyl (C=O) groups is 2. The second-order valence-electron chi connectivity index (χ2n) is 9.03. The van der Waals surface area contributed by atoms with Gasteiger partial charge in [0.1, 0.15) is 17.9 Å². The van der Waals surface area contributed by atoms with Crippen molar-refractivity contribution in [1.82, 2.24) is 39.9 Å². The molecule has 12 nitrogen and oxygen atoms in total. The first kappa shape index (κ1) is 24.1. The Bertz CT molecular complexity index is 1670. The van der Waals surface area contributed by atoms with E-state index in [1.807, 2.05) is 18.2 Å². The number of hydrogen-bond acceptors (Lipinski definition) is 8. The molecule has 0 saturated carbocycles. The average molecular weight is 525 g/mol. The molecular weight excluding hydrogens is 500 g/mol. The minimum Gasteiger partial charge on any atom is -0.507 e. The lowest BCUT2D eigenvalue weighted by atomic mass is 10.0. The quantitative estimate of drug-likeness (QED) is 0.317. The largest absolute Gasteiger partial charge is 0.507 e. The smallest absolute Gasteiger partial charge is 0.291 e. The van der Waals surface area contributed by atoms with E-state index in [9.17, 15) is 14.7 Å². The van der Waals surface area contributed by atoms with Crippen LogP contribution in [0.15, 0.2) is 61.1 Å². The van der Waals surface area contributed by atoms with Gasteiger partial charge in [-0.2, -0.15) is 5.10 Å². The van der Waals surface area contributed by atoms with Gasteiger partial charge in [0.25, 0.3) is 11.8 Å². The van der Waals surface area contributed by atoms with Crippen molar-refractivity contribution < 1.29 is 19.4 Å². The fraction of sp³-hybridized carbons (Fsp3) is 0.185. The maximum atomic E-state index is 13.2. The minimum absolute atomic E-state index is 0.0645. The fourth-order valence-corrected chi connectivity index (χ4v) is 4.69. The Kier molecular flexibility index (Phi) is 6.11. The maximum absolute atomic E-state index is 13.2. The first-order valence-corrected chi connectivity index (χ1v) is 12.3. The standard InChI is InChI=1S/C27H24N8O4/c1-39-25-18(3-2-8-28-25)16-5-7-22(36)19(13-16)23-31-20-6-4-17(14-21(20)32-23)26(37)34-9-11-35(12-10-34)27(38)24-29-15-30-33-24/h2-8,13-15,36H,9-12H2,1H3,(H,31,32)(H,29,30,33). The Balaban J connectivity index is 1.22. The highest BCUT2D eigenvalue weighted by Gasteiger charge is 2.27. The maximum Gasteiger partial charge on any atom is 0.291 e. The Hall–Kier alpha value is -5.26. The number of aromatic nitrogens is 6. The van der Waals surface area contributed by atoms with Gasteiger partial charge in [-0.3, -0.25) is 14.7 Å². The summed E-state index contributed by atoms with van der Waals surface area (Å²) >= 11 is 0. The number of nitrogens with zero attached hydrogens (tertiary/aromatic N) is 6. The SMILES string of the molecule is COc1ncccc1-c1ccc(O)c(-c2nc3ccc(C(=O)N4CCN(C(=O)c5ncn[nH]5)CC4)cc3[nH]2)c1. The molecular formula is C27H24N8O4. The molecule has 1 aliphatic heterocycles. The number of rotatable bonds is 5. The van der Waals surface area contributed by atoms with Gasteiger partial charge in [0.2, 0.25) is 11.7 Å². The molecule has 1 aliphatic rings. The topological polar surface area (TPSA) is 153 Å². The second-order valence-corrected chi connectivity index (χ2v) is 9.03. The number of aromatic amines is 2. The number of phenols is 1. The molecule has 1 saturated heterocycles. The molecule has 0 bridgehead atoms. The number of aromatic hydroxyl groups is 1. The van der Waals surface area contributed by atoms with E-state index in [1.165, 1.54) is 6.33 Å². The van der Waals surface area contributed by atoms with Gasteiger partial charge < -0.3 is 24.6 Å². The molecule has 2 aromatic carbocycles. The number of hydrogen-bond donors (Lipinski definition) is 3. The molecule has 39 heavy (non-hydrogen) atoms. The van der Waals surface area contributed by atoms with E-state index in [4.69, 9.17) is 4.74 Å². The molecule has 1 fully saturated rings. The number of methoxy groups -OCH3 is 1. The van der Waals surface area contributed by atoms with Gasteiger partial charge in [-0.15, -0.1) is 0 Å². The number of carbonyl (C=O) groups excluding carboxylic acids is 2. The fourth-order valence-electron chi connectivity index (χ4n) is 4.69.